The molecule has 12 heavy (non-hydrogen) atoms. The van der Waals surface area contributed by atoms with E-state index >= 15 is 0 Å². The Morgan fingerprint density at radius 2 is 1.92 bits per heavy atom. The average molecular weight is 168 g/mol. The Morgan fingerprint density at radius 1 is 1.17 bits per heavy atom. The standard InChI is InChI=1S/C10H20N2/c1-12-7-6-9(11)8-4-2-3-5-10(8)12/h8-10H,2-7,11H2,1H3/t8-,9?,10+/m0/s1. The number of hydrogen-bond donors (Lipinski definition) is 1. The molecule has 0 aromatic carbocycles. The number of piperidine rings is 1. The van der Waals surface area contributed by atoms with Crippen LogP contribution in [0.5, 0.6) is 0 Å². The van der Waals surface area contributed by atoms with Gasteiger partial charge in [0.2, 0.25) is 0 Å². The van der Waals surface area contributed by atoms with Crippen LogP contribution in [0.3, 0.4) is 0 Å². The van der Waals surface area contributed by atoms with Gasteiger partial charge >= 0.3 is 0 Å². The van der Waals surface area contributed by atoms with E-state index in [0.29, 0.717) is 6.04 Å². The van der Waals surface area contributed by atoms with E-state index < -0.39 is 0 Å². The summed E-state index contributed by atoms with van der Waals surface area (Å²) in [6, 6.07) is 1.30. The highest BCUT2D eigenvalue weighted by Crippen LogP contribution is 2.33. The van der Waals surface area contributed by atoms with Crippen LogP contribution < -0.4 is 5.73 Å². The average Bonchev–Trinajstić information content (AvgIpc) is 2.12. The zero-order chi connectivity index (χ0) is 8.55. The molecule has 1 saturated carbocycles. The highest BCUT2D eigenvalue weighted by atomic mass is 15.1. The minimum atomic E-state index is 0.492. The fraction of sp³-hybridized carbons (Fsp3) is 1.00. The normalized spacial score (nSPS) is 44.0. The quantitative estimate of drug-likeness (QED) is 0.589. The van der Waals surface area contributed by atoms with Gasteiger partial charge in [0.1, 0.15) is 0 Å². The largest absolute Gasteiger partial charge is 0.327 e. The molecule has 3 atom stereocenters. The Balaban J connectivity index is 2.05. The molecule has 0 bridgehead atoms. The molecule has 0 amide bonds. The molecule has 1 saturated heterocycles. The van der Waals surface area contributed by atoms with Crippen LogP contribution in [0, 0.1) is 5.92 Å². The molecular formula is C10H20N2. The first-order valence-corrected chi connectivity index (χ1v) is 5.25. The number of rotatable bonds is 0. The summed E-state index contributed by atoms with van der Waals surface area (Å²) in [5.74, 6) is 0.803. The molecule has 2 heteroatoms. The van der Waals surface area contributed by atoms with Gasteiger partial charge in [-0.3, -0.25) is 0 Å². The summed E-state index contributed by atoms with van der Waals surface area (Å²) in [6.45, 7) is 1.21. The van der Waals surface area contributed by atoms with E-state index in [2.05, 4.69) is 11.9 Å². The first-order chi connectivity index (χ1) is 5.79. The summed E-state index contributed by atoms with van der Waals surface area (Å²) in [4.78, 5) is 2.52. The smallest absolute Gasteiger partial charge is 0.0135 e. The highest BCUT2D eigenvalue weighted by Gasteiger charge is 2.35. The van der Waals surface area contributed by atoms with E-state index in [1.807, 2.05) is 0 Å². The summed E-state index contributed by atoms with van der Waals surface area (Å²) < 4.78 is 0. The Labute approximate surface area is 75.1 Å². The van der Waals surface area contributed by atoms with E-state index in [9.17, 15) is 0 Å². The molecule has 70 valence electrons. The van der Waals surface area contributed by atoms with Gasteiger partial charge < -0.3 is 10.6 Å². The van der Waals surface area contributed by atoms with Crippen molar-refractivity contribution in [1.29, 1.82) is 0 Å². The highest BCUT2D eigenvalue weighted by molar-refractivity contribution is 4.92. The molecule has 1 aliphatic carbocycles. The molecule has 2 aliphatic rings. The molecule has 0 aromatic rings. The molecule has 1 unspecified atom stereocenters. The van der Waals surface area contributed by atoms with Gasteiger partial charge in [-0.2, -0.15) is 0 Å². The lowest BCUT2D eigenvalue weighted by Crippen LogP contribution is -2.53. The van der Waals surface area contributed by atoms with Crippen molar-refractivity contribution in [2.45, 2.75) is 44.2 Å². The maximum Gasteiger partial charge on any atom is 0.0135 e. The summed E-state index contributed by atoms with van der Waals surface area (Å²) in [7, 11) is 2.26. The predicted molar refractivity (Wildman–Crippen MR) is 51.0 cm³/mol. The lowest BCUT2D eigenvalue weighted by molar-refractivity contribution is 0.0679. The summed E-state index contributed by atoms with van der Waals surface area (Å²) in [6.07, 6.45) is 6.78. The number of fused-ring (bicyclic) bond motifs is 1. The number of likely N-dealkylation sites (tertiary alicyclic amines) is 1. The van der Waals surface area contributed by atoms with E-state index in [1.54, 1.807) is 0 Å². The first kappa shape index (κ1) is 8.52. The van der Waals surface area contributed by atoms with Crippen molar-refractivity contribution < 1.29 is 0 Å². The van der Waals surface area contributed by atoms with Crippen LogP contribution in [0.2, 0.25) is 0 Å². The van der Waals surface area contributed by atoms with Crippen LogP contribution in [0.4, 0.5) is 0 Å². The summed E-state index contributed by atoms with van der Waals surface area (Å²) >= 11 is 0. The third kappa shape index (κ3) is 1.38. The van der Waals surface area contributed by atoms with Crippen molar-refractivity contribution in [3.8, 4) is 0 Å². The van der Waals surface area contributed by atoms with Crippen LogP contribution in [0.15, 0.2) is 0 Å². The van der Waals surface area contributed by atoms with Gasteiger partial charge in [-0.1, -0.05) is 12.8 Å². The van der Waals surface area contributed by atoms with E-state index in [4.69, 9.17) is 5.73 Å². The second-order valence-electron chi connectivity index (χ2n) is 4.45. The topological polar surface area (TPSA) is 29.3 Å². The molecule has 2 N–H and O–H groups in total. The Kier molecular flexibility index (Phi) is 2.37. The zero-order valence-corrected chi connectivity index (χ0v) is 8.00. The fourth-order valence-electron chi connectivity index (χ4n) is 2.92. The zero-order valence-electron chi connectivity index (χ0n) is 8.00. The van der Waals surface area contributed by atoms with Crippen LogP contribution in [0.1, 0.15) is 32.1 Å². The van der Waals surface area contributed by atoms with E-state index in [-0.39, 0.29) is 0 Å². The maximum atomic E-state index is 6.12. The molecule has 0 aromatic heterocycles. The molecule has 2 nitrogen and oxygen atoms in total. The summed E-state index contributed by atoms with van der Waals surface area (Å²) in [5.41, 5.74) is 6.12. The first-order valence-electron chi connectivity index (χ1n) is 5.25. The van der Waals surface area contributed by atoms with Crippen LogP contribution in [-0.4, -0.2) is 30.6 Å². The van der Waals surface area contributed by atoms with Crippen LogP contribution in [0.25, 0.3) is 0 Å². The molecule has 1 aliphatic heterocycles. The van der Waals surface area contributed by atoms with Gasteiger partial charge in [-0.15, -0.1) is 0 Å². The van der Waals surface area contributed by atoms with Gasteiger partial charge in [-0.25, -0.2) is 0 Å². The molecule has 2 rings (SSSR count). The molecule has 0 radical (unpaired) electrons. The third-order valence-electron chi connectivity index (χ3n) is 3.71. The fourth-order valence-corrected chi connectivity index (χ4v) is 2.92. The molecule has 0 spiro atoms. The lowest BCUT2D eigenvalue weighted by Gasteiger charge is -2.45. The Morgan fingerprint density at radius 3 is 2.67 bits per heavy atom. The molecule has 1 heterocycles. The number of hydrogen-bond acceptors (Lipinski definition) is 2. The number of nitrogens with two attached hydrogens (primary N) is 1. The van der Waals surface area contributed by atoms with Crippen molar-refractivity contribution >= 4 is 0 Å². The minimum Gasteiger partial charge on any atom is -0.327 e. The number of nitrogens with zero attached hydrogens (tertiary/aromatic N) is 1. The second-order valence-corrected chi connectivity index (χ2v) is 4.45. The van der Waals surface area contributed by atoms with E-state index in [1.165, 1.54) is 38.6 Å². The monoisotopic (exact) mass is 168 g/mol. The Hall–Kier alpha value is -0.0800. The van der Waals surface area contributed by atoms with Crippen molar-refractivity contribution in [2.75, 3.05) is 13.6 Å². The van der Waals surface area contributed by atoms with Gasteiger partial charge in [0.05, 0.1) is 0 Å². The molecular weight excluding hydrogens is 148 g/mol. The lowest BCUT2D eigenvalue weighted by atomic mass is 9.76. The van der Waals surface area contributed by atoms with Crippen LogP contribution >= 0.6 is 0 Å². The Bertz CT molecular complexity index is 140. The SMILES string of the molecule is CN1CCC(N)[C@@H]2CCCC[C@H]21. The maximum absolute atomic E-state index is 6.12. The third-order valence-corrected chi connectivity index (χ3v) is 3.71. The predicted octanol–water partition coefficient (Wildman–Crippen LogP) is 1.21. The van der Waals surface area contributed by atoms with Crippen molar-refractivity contribution in [3.05, 3.63) is 0 Å². The minimum absolute atomic E-state index is 0.492. The van der Waals surface area contributed by atoms with Crippen LogP contribution in [-0.2, 0) is 0 Å². The van der Waals surface area contributed by atoms with E-state index in [0.717, 1.165) is 12.0 Å². The van der Waals surface area contributed by atoms with Gasteiger partial charge in [0, 0.05) is 12.1 Å². The van der Waals surface area contributed by atoms with Gasteiger partial charge in [-0.05, 0) is 38.8 Å². The van der Waals surface area contributed by atoms with Crippen molar-refractivity contribution in [3.63, 3.8) is 0 Å². The molecule has 2 fully saturated rings. The second kappa shape index (κ2) is 3.35. The van der Waals surface area contributed by atoms with Gasteiger partial charge in [0.25, 0.3) is 0 Å². The van der Waals surface area contributed by atoms with Crippen molar-refractivity contribution in [2.24, 2.45) is 11.7 Å². The van der Waals surface area contributed by atoms with Gasteiger partial charge in [0.15, 0.2) is 0 Å². The summed E-state index contributed by atoms with van der Waals surface area (Å²) in [5, 5.41) is 0. The van der Waals surface area contributed by atoms with Crippen molar-refractivity contribution in [1.82, 2.24) is 4.90 Å².